The smallest absolute Gasteiger partial charge is 0.478 e. The second kappa shape index (κ2) is 10.4. The number of carbonyl (C=O) groups is 2. The van der Waals surface area contributed by atoms with Gasteiger partial charge in [0.2, 0.25) is 0 Å². The standard InChI is InChI=1S/C23H17N3O2.C2HF3O2/c24-18-11-12-21-20(14-18)25-15-26(21)13-5-9-17-8-4-10-19(23(27)28)22(17)16-6-2-1-3-7-16;3-2(4,5)1(6)7/h1-4,6-8,10-12,14-15H,13,24H2,(H,27,28);(H,6,7). The third kappa shape index (κ3) is 6.17. The molecule has 4 aromatic rings. The molecule has 4 N–H and O–H groups in total. The lowest BCUT2D eigenvalue weighted by molar-refractivity contribution is -0.192. The fourth-order valence-corrected chi connectivity index (χ4v) is 3.18. The van der Waals surface area contributed by atoms with E-state index >= 15 is 0 Å². The van der Waals surface area contributed by atoms with Crippen LogP contribution < -0.4 is 5.73 Å². The van der Waals surface area contributed by atoms with Crippen molar-refractivity contribution in [1.82, 2.24) is 9.55 Å². The molecule has 0 aliphatic heterocycles. The Morgan fingerprint density at radius 3 is 2.31 bits per heavy atom. The van der Waals surface area contributed by atoms with Crippen LogP contribution in [0, 0.1) is 11.8 Å². The van der Waals surface area contributed by atoms with Crippen LogP contribution in [0.15, 0.2) is 73.1 Å². The highest BCUT2D eigenvalue weighted by Gasteiger charge is 2.38. The van der Waals surface area contributed by atoms with E-state index < -0.39 is 18.1 Å². The SMILES string of the molecule is Nc1ccc2c(c1)ncn2CC#Cc1cccc(C(=O)O)c1-c1ccccc1.O=C(O)C(F)(F)F. The predicted molar refractivity (Wildman–Crippen MR) is 124 cm³/mol. The Morgan fingerprint density at radius 1 is 1.00 bits per heavy atom. The lowest BCUT2D eigenvalue weighted by atomic mass is 9.94. The van der Waals surface area contributed by atoms with Gasteiger partial charge in [-0.05, 0) is 35.9 Å². The van der Waals surface area contributed by atoms with Gasteiger partial charge in [0.25, 0.3) is 0 Å². The molecule has 0 spiro atoms. The Kier molecular flexibility index (Phi) is 7.41. The van der Waals surface area contributed by atoms with Gasteiger partial charge in [-0.25, -0.2) is 14.6 Å². The number of benzene rings is 3. The van der Waals surface area contributed by atoms with Crippen molar-refractivity contribution in [3.63, 3.8) is 0 Å². The molecule has 0 bridgehead atoms. The maximum Gasteiger partial charge on any atom is 0.490 e. The third-order valence-corrected chi connectivity index (χ3v) is 4.72. The number of hydrogen-bond donors (Lipinski definition) is 3. The van der Waals surface area contributed by atoms with Gasteiger partial charge in [0.1, 0.15) is 0 Å². The minimum atomic E-state index is -5.08. The molecule has 1 aromatic heterocycles. The van der Waals surface area contributed by atoms with Crippen molar-refractivity contribution < 1.29 is 33.0 Å². The zero-order chi connectivity index (χ0) is 25.6. The van der Waals surface area contributed by atoms with Crippen LogP contribution in [-0.2, 0) is 11.3 Å². The second-order valence-electron chi connectivity index (χ2n) is 7.12. The number of rotatable bonds is 3. The van der Waals surface area contributed by atoms with Gasteiger partial charge in [0, 0.05) is 16.8 Å². The van der Waals surface area contributed by atoms with Crippen molar-refractivity contribution in [3.05, 3.63) is 84.2 Å². The average molecular weight is 481 g/mol. The summed E-state index contributed by atoms with van der Waals surface area (Å²) in [6.07, 6.45) is -3.36. The van der Waals surface area contributed by atoms with Crippen molar-refractivity contribution in [2.45, 2.75) is 12.7 Å². The van der Waals surface area contributed by atoms with Gasteiger partial charge in [0.05, 0.1) is 29.5 Å². The normalized spacial score (nSPS) is 10.6. The number of nitrogens with two attached hydrogens (primary N) is 1. The summed E-state index contributed by atoms with van der Waals surface area (Å²) in [5, 5.41) is 16.7. The molecule has 178 valence electrons. The van der Waals surface area contributed by atoms with Crippen LogP contribution in [0.5, 0.6) is 0 Å². The van der Waals surface area contributed by atoms with Crippen LogP contribution >= 0.6 is 0 Å². The van der Waals surface area contributed by atoms with Crippen LogP contribution in [0.25, 0.3) is 22.2 Å². The molecule has 0 saturated carbocycles. The summed E-state index contributed by atoms with van der Waals surface area (Å²) in [4.78, 5) is 25.0. The summed E-state index contributed by atoms with van der Waals surface area (Å²) >= 11 is 0. The van der Waals surface area contributed by atoms with Gasteiger partial charge in [-0.15, -0.1) is 0 Å². The Labute approximate surface area is 197 Å². The van der Waals surface area contributed by atoms with Gasteiger partial charge < -0.3 is 20.5 Å². The van der Waals surface area contributed by atoms with Crippen molar-refractivity contribution in [2.24, 2.45) is 0 Å². The molecule has 0 aliphatic carbocycles. The molecule has 0 saturated heterocycles. The number of aromatic carboxylic acids is 1. The number of halogens is 3. The molecule has 4 rings (SSSR count). The lowest BCUT2D eigenvalue weighted by Gasteiger charge is -2.09. The Morgan fingerprint density at radius 2 is 1.69 bits per heavy atom. The topological polar surface area (TPSA) is 118 Å². The largest absolute Gasteiger partial charge is 0.490 e. The van der Waals surface area contributed by atoms with Crippen molar-refractivity contribution in [2.75, 3.05) is 5.73 Å². The first kappa shape index (κ1) is 24.9. The molecular formula is C25H18F3N3O4. The number of hydrogen-bond acceptors (Lipinski definition) is 4. The molecule has 3 aromatic carbocycles. The van der Waals surface area contributed by atoms with E-state index in [2.05, 4.69) is 16.8 Å². The zero-order valence-corrected chi connectivity index (χ0v) is 18.0. The number of alkyl halides is 3. The Balaban J connectivity index is 0.000000429. The highest BCUT2D eigenvalue weighted by atomic mass is 19.4. The van der Waals surface area contributed by atoms with Crippen molar-refractivity contribution >= 4 is 28.7 Å². The van der Waals surface area contributed by atoms with Gasteiger partial charge in [-0.2, -0.15) is 13.2 Å². The lowest BCUT2D eigenvalue weighted by Crippen LogP contribution is -2.21. The molecule has 10 heteroatoms. The number of anilines is 1. The summed E-state index contributed by atoms with van der Waals surface area (Å²) in [7, 11) is 0. The highest BCUT2D eigenvalue weighted by Crippen LogP contribution is 2.27. The minimum absolute atomic E-state index is 0.238. The number of fused-ring (bicyclic) bond motifs is 1. The number of imidazole rings is 1. The number of aromatic nitrogens is 2. The maximum absolute atomic E-state index is 11.7. The van der Waals surface area contributed by atoms with E-state index in [-0.39, 0.29) is 5.56 Å². The molecule has 35 heavy (non-hydrogen) atoms. The van der Waals surface area contributed by atoms with Crippen LogP contribution in [0.4, 0.5) is 18.9 Å². The van der Waals surface area contributed by atoms with E-state index in [1.807, 2.05) is 59.2 Å². The Hall–Kier alpha value is -4.78. The molecule has 0 aliphatic rings. The van der Waals surface area contributed by atoms with E-state index in [0.717, 1.165) is 16.6 Å². The summed E-state index contributed by atoms with van der Waals surface area (Å²) in [5.74, 6) is 2.54. The third-order valence-electron chi connectivity index (χ3n) is 4.72. The second-order valence-corrected chi connectivity index (χ2v) is 7.12. The van der Waals surface area contributed by atoms with Crippen LogP contribution in [-0.4, -0.2) is 37.9 Å². The van der Waals surface area contributed by atoms with E-state index in [1.54, 1.807) is 18.5 Å². The average Bonchev–Trinajstić information content (AvgIpc) is 3.21. The van der Waals surface area contributed by atoms with E-state index in [9.17, 15) is 23.1 Å². The predicted octanol–water partition coefficient (Wildman–Crippen LogP) is 4.67. The molecule has 0 atom stereocenters. The number of aliphatic carboxylic acids is 1. The summed E-state index contributed by atoms with van der Waals surface area (Å²) < 4.78 is 33.7. The molecule has 7 nitrogen and oxygen atoms in total. The summed E-state index contributed by atoms with van der Waals surface area (Å²) in [6, 6.07) is 20.2. The fourth-order valence-electron chi connectivity index (χ4n) is 3.18. The maximum atomic E-state index is 11.7. The monoisotopic (exact) mass is 481 g/mol. The quantitative estimate of drug-likeness (QED) is 0.289. The van der Waals surface area contributed by atoms with E-state index in [4.69, 9.17) is 15.6 Å². The molecule has 0 radical (unpaired) electrons. The number of nitrogen functional groups attached to an aromatic ring is 1. The van der Waals surface area contributed by atoms with Crippen molar-refractivity contribution in [3.8, 4) is 23.0 Å². The first-order valence-electron chi connectivity index (χ1n) is 9.99. The fraction of sp³-hybridized carbons (Fsp3) is 0.0800. The summed E-state index contributed by atoms with van der Waals surface area (Å²) in [6.45, 7) is 0.436. The first-order valence-corrected chi connectivity index (χ1v) is 9.99. The number of carboxylic acid groups (broad SMARTS) is 2. The molecule has 1 heterocycles. The molecule has 0 fully saturated rings. The molecular weight excluding hydrogens is 463 g/mol. The minimum Gasteiger partial charge on any atom is -0.478 e. The number of nitrogens with zero attached hydrogens (tertiary/aromatic N) is 2. The summed E-state index contributed by atoms with van der Waals surface area (Å²) in [5.41, 5.74) is 10.6. The van der Waals surface area contributed by atoms with Gasteiger partial charge in [-0.1, -0.05) is 48.2 Å². The first-order chi connectivity index (χ1) is 16.6. The van der Waals surface area contributed by atoms with E-state index in [0.29, 0.717) is 23.4 Å². The van der Waals surface area contributed by atoms with Crippen LogP contribution in [0.2, 0.25) is 0 Å². The van der Waals surface area contributed by atoms with Gasteiger partial charge >= 0.3 is 18.1 Å². The molecule has 0 unspecified atom stereocenters. The van der Waals surface area contributed by atoms with E-state index in [1.165, 1.54) is 0 Å². The molecule has 0 amide bonds. The van der Waals surface area contributed by atoms with Gasteiger partial charge in [0.15, 0.2) is 0 Å². The van der Waals surface area contributed by atoms with Gasteiger partial charge in [-0.3, -0.25) is 0 Å². The zero-order valence-electron chi connectivity index (χ0n) is 18.0. The Bertz CT molecular complexity index is 1440. The van der Waals surface area contributed by atoms with Crippen molar-refractivity contribution in [1.29, 1.82) is 0 Å². The highest BCUT2D eigenvalue weighted by molar-refractivity contribution is 5.97. The van der Waals surface area contributed by atoms with Crippen LogP contribution in [0.3, 0.4) is 0 Å². The van der Waals surface area contributed by atoms with Crippen LogP contribution in [0.1, 0.15) is 15.9 Å². The number of carboxylic acids is 2.